The van der Waals surface area contributed by atoms with Gasteiger partial charge < -0.3 is 4.90 Å². The van der Waals surface area contributed by atoms with E-state index in [-0.39, 0.29) is 5.91 Å². The summed E-state index contributed by atoms with van der Waals surface area (Å²) in [5, 5.41) is 0. The maximum atomic E-state index is 12.3. The summed E-state index contributed by atoms with van der Waals surface area (Å²) in [4.78, 5) is 16.7. The van der Waals surface area contributed by atoms with E-state index in [2.05, 4.69) is 24.8 Å². The molecular formula is C17H24N2O. The van der Waals surface area contributed by atoms with Gasteiger partial charge in [0.25, 0.3) is 5.91 Å². The molecule has 1 aliphatic rings. The molecule has 0 spiro atoms. The van der Waals surface area contributed by atoms with Crippen LogP contribution >= 0.6 is 0 Å². The smallest absolute Gasteiger partial charge is 0.253 e. The number of carbonyl (C=O) groups excluding carboxylic acids is 1. The summed E-state index contributed by atoms with van der Waals surface area (Å²) in [6, 6.07) is 9.56. The number of piperazine rings is 1. The van der Waals surface area contributed by atoms with E-state index in [0.29, 0.717) is 0 Å². The van der Waals surface area contributed by atoms with E-state index >= 15 is 0 Å². The Bertz CT molecular complexity index is 459. The van der Waals surface area contributed by atoms with Gasteiger partial charge in [0.2, 0.25) is 0 Å². The molecule has 2 rings (SSSR count). The molecular weight excluding hydrogens is 248 g/mol. The number of hydrogen-bond acceptors (Lipinski definition) is 2. The van der Waals surface area contributed by atoms with E-state index in [1.807, 2.05) is 35.2 Å². The Morgan fingerprint density at radius 2 is 1.80 bits per heavy atom. The first kappa shape index (κ1) is 14.8. The maximum absolute atomic E-state index is 12.3. The number of hydrogen-bond donors (Lipinski definition) is 0. The molecule has 108 valence electrons. The molecule has 3 heteroatoms. The van der Waals surface area contributed by atoms with Crippen LogP contribution in [-0.4, -0.2) is 48.4 Å². The van der Waals surface area contributed by atoms with Crippen LogP contribution in [0, 0.1) is 0 Å². The Hall–Kier alpha value is -1.61. The molecule has 0 unspecified atom stereocenters. The van der Waals surface area contributed by atoms with Gasteiger partial charge in [0.15, 0.2) is 0 Å². The van der Waals surface area contributed by atoms with Gasteiger partial charge in [-0.2, -0.15) is 0 Å². The largest absolute Gasteiger partial charge is 0.336 e. The number of allylic oxidation sites excluding steroid dienone is 1. The lowest BCUT2D eigenvalue weighted by Gasteiger charge is -2.35. The highest BCUT2D eigenvalue weighted by atomic mass is 16.2. The first-order chi connectivity index (χ1) is 9.70. The van der Waals surface area contributed by atoms with Gasteiger partial charge >= 0.3 is 0 Å². The van der Waals surface area contributed by atoms with E-state index in [1.165, 1.54) is 5.57 Å². The van der Waals surface area contributed by atoms with Crippen molar-refractivity contribution in [2.75, 3.05) is 32.7 Å². The SMILES string of the molecule is CCC=C(C)CN1CCN(C(=O)c2ccccc2)CC1. The number of rotatable bonds is 4. The lowest BCUT2D eigenvalue weighted by Crippen LogP contribution is -2.49. The summed E-state index contributed by atoms with van der Waals surface area (Å²) >= 11 is 0. The molecule has 1 saturated heterocycles. The number of nitrogens with zero attached hydrogens (tertiary/aromatic N) is 2. The quantitative estimate of drug-likeness (QED) is 0.787. The zero-order chi connectivity index (χ0) is 14.4. The summed E-state index contributed by atoms with van der Waals surface area (Å²) in [6.07, 6.45) is 3.37. The zero-order valence-corrected chi connectivity index (χ0v) is 12.5. The zero-order valence-electron chi connectivity index (χ0n) is 12.5. The molecule has 1 fully saturated rings. The number of carbonyl (C=O) groups is 1. The van der Waals surface area contributed by atoms with E-state index in [9.17, 15) is 4.79 Å². The molecule has 1 aromatic rings. The third-order valence-electron chi connectivity index (χ3n) is 3.71. The summed E-state index contributed by atoms with van der Waals surface area (Å²) in [5.74, 6) is 0.158. The Kier molecular flexibility index (Phi) is 5.36. The van der Waals surface area contributed by atoms with Crippen LogP contribution in [0.1, 0.15) is 30.6 Å². The van der Waals surface area contributed by atoms with Crippen molar-refractivity contribution in [2.24, 2.45) is 0 Å². The van der Waals surface area contributed by atoms with Crippen molar-refractivity contribution in [3.05, 3.63) is 47.5 Å². The molecule has 0 bridgehead atoms. The molecule has 0 saturated carbocycles. The van der Waals surface area contributed by atoms with Gasteiger partial charge in [0.1, 0.15) is 0 Å². The highest BCUT2D eigenvalue weighted by Gasteiger charge is 2.21. The van der Waals surface area contributed by atoms with E-state index in [1.54, 1.807) is 0 Å². The predicted molar refractivity (Wildman–Crippen MR) is 82.8 cm³/mol. The lowest BCUT2D eigenvalue weighted by molar-refractivity contribution is 0.0647. The average molecular weight is 272 g/mol. The van der Waals surface area contributed by atoms with Crippen molar-refractivity contribution in [1.29, 1.82) is 0 Å². The number of amides is 1. The van der Waals surface area contributed by atoms with Crippen molar-refractivity contribution in [3.8, 4) is 0 Å². The minimum atomic E-state index is 0.158. The third-order valence-corrected chi connectivity index (χ3v) is 3.71. The molecule has 1 aliphatic heterocycles. The Labute approximate surface area is 121 Å². The van der Waals surface area contributed by atoms with Gasteiger partial charge in [-0.05, 0) is 25.5 Å². The monoisotopic (exact) mass is 272 g/mol. The second-order valence-corrected chi connectivity index (χ2v) is 5.39. The van der Waals surface area contributed by atoms with Crippen molar-refractivity contribution in [2.45, 2.75) is 20.3 Å². The first-order valence-corrected chi connectivity index (χ1v) is 7.43. The highest BCUT2D eigenvalue weighted by molar-refractivity contribution is 5.94. The summed E-state index contributed by atoms with van der Waals surface area (Å²) in [6.45, 7) is 8.97. The lowest BCUT2D eigenvalue weighted by atomic mass is 10.1. The van der Waals surface area contributed by atoms with Crippen molar-refractivity contribution >= 4 is 5.91 Å². The van der Waals surface area contributed by atoms with E-state index in [0.717, 1.165) is 44.7 Å². The molecule has 1 heterocycles. The second kappa shape index (κ2) is 7.25. The van der Waals surface area contributed by atoms with Crippen LogP contribution in [0.3, 0.4) is 0 Å². The first-order valence-electron chi connectivity index (χ1n) is 7.43. The summed E-state index contributed by atoms with van der Waals surface area (Å²) in [5.41, 5.74) is 2.22. The Balaban J connectivity index is 1.85. The topological polar surface area (TPSA) is 23.6 Å². The highest BCUT2D eigenvalue weighted by Crippen LogP contribution is 2.10. The fourth-order valence-electron chi connectivity index (χ4n) is 2.64. The molecule has 20 heavy (non-hydrogen) atoms. The van der Waals surface area contributed by atoms with Crippen LogP contribution in [0.2, 0.25) is 0 Å². The van der Waals surface area contributed by atoms with E-state index in [4.69, 9.17) is 0 Å². The second-order valence-electron chi connectivity index (χ2n) is 5.39. The molecule has 0 N–H and O–H groups in total. The molecule has 0 aromatic heterocycles. The van der Waals surface area contributed by atoms with Gasteiger partial charge in [0, 0.05) is 38.3 Å². The van der Waals surface area contributed by atoms with Crippen molar-refractivity contribution in [1.82, 2.24) is 9.80 Å². The molecule has 0 radical (unpaired) electrons. The van der Waals surface area contributed by atoms with Crippen molar-refractivity contribution < 1.29 is 4.79 Å². The Morgan fingerprint density at radius 1 is 1.15 bits per heavy atom. The van der Waals surface area contributed by atoms with Crippen molar-refractivity contribution in [3.63, 3.8) is 0 Å². The van der Waals surface area contributed by atoms with Gasteiger partial charge in [0.05, 0.1) is 0 Å². The Morgan fingerprint density at radius 3 is 2.40 bits per heavy atom. The molecule has 0 atom stereocenters. The van der Waals surface area contributed by atoms with Gasteiger partial charge in [-0.1, -0.05) is 36.8 Å². The van der Waals surface area contributed by atoms with Crippen LogP contribution in [-0.2, 0) is 0 Å². The fraction of sp³-hybridized carbons (Fsp3) is 0.471. The van der Waals surface area contributed by atoms with E-state index < -0.39 is 0 Å². The van der Waals surface area contributed by atoms with Crippen LogP contribution in [0.15, 0.2) is 42.0 Å². The normalized spacial score (nSPS) is 17.3. The number of benzene rings is 1. The minimum Gasteiger partial charge on any atom is -0.336 e. The van der Waals surface area contributed by atoms with Crippen LogP contribution in [0.5, 0.6) is 0 Å². The fourth-order valence-corrected chi connectivity index (χ4v) is 2.64. The average Bonchev–Trinajstić information content (AvgIpc) is 2.48. The molecule has 3 nitrogen and oxygen atoms in total. The standard InChI is InChI=1S/C17H24N2O/c1-3-7-15(2)14-18-10-12-19(13-11-18)17(20)16-8-5-4-6-9-16/h4-9H,3,10-14H2,1-2H3. The minimum absolute atomic E-state index is 0.158. The molecule has 1 aromatic carbocycles. The van der Waals surface area contributed by atoms with Crippen LogP contribution in [0.4, 0.5) is 0 Å². The summed E-state index contributed by atoms with van der Waals surface area (Å²) < 4.78 is 0. The van der Waals surface area contributed by atoms with Crippen LogP contribution in [0.25, 0.3) is 0 Å². The van der Waals surface area contributed by atoms with Gasteiger partial charge in [-0.3, -0.25) is 9.69 Å². The van der Waals surface area contributed by atoms with Gasteiger partial charge in [-0.15, -0.1) is 0 Å². The third kappa shape index (κ3) is 3.94. The van der Waals surface area contributed by atoms with Crippen LogP contribution < -0.4 is 0 Å². The van der Waals surface area contributed by atoms with Gasteiger partial charge in [-0.25, -0.2) is 0 Å². The molecule has 0 aliphatic carbocycles. The summed E-state index contributed by atoms with van der Waals surface area (Å²) in [7, 11) is 0. The maximum Gasteiger partial charge on any atom is 0.253 e. The predicted octanol–water partition coefficient (Wildman–Crippen LogP) is 2.80. The molecule has 1 amide bonds.